The number of nitrogens with one attached hydrogen (secondary N) is 1. The second-order valence-corrected chi connectivity index (χ2v) is 8.31. The summed E-state index contributed by atoms with van der Waals surface area (Å²) >= 11 is 12.3. The van der Waals surface area contributed by atoms with E-state index in [0.717, 1.165) is 18.4 Å². The molecule has 0 saturated carbocycles. The number of hydrogen-bond acceptors (Lipinski definition) is 4. The molecule has 0 atom stereocenters. The summed E-state index contributed by atoms with van der Waals surface area (Å²) in [5.41, 5.74) is 2.65. The molecule has 5 nitrogen and oxygen atoms in total. The predicted molar refractivity (Wildman–Crippen MR) is 135 cm³/mol. The average molecular weight is 495 g/mol. The third-order valence-electron chi connectivity index (χ3n) is 4.99. The molecule has 0 fully saturated rings. The highest BCUT2D eigenvalue weighted by Crippen LogP contribution is 2.37. The lowest BCUT2D eigenvalue weighted by Crippen LogP contribution is -2.25. The van der Waals surface area contributed by atoms with Gasteiger partial charge in [0.15, 0.2) is 11.5 Å². The van der Waals surface area contributed by atoms with Crippen molar-refractivity contribution in [2.24, 2.45) is 0 Å². The van der Waals surface area contributed by atoms with Gasteiger partial charge in [0, 0.05) is 11.6 Å². The summed E-state index contributed by atoms with van der Waals surface area (Å²) in [7, 11) is 1.50. The van der Waals surface area contributed by atoms with E-state index in [9.17, 15) is 10.1 Å². The van der Waals surface area contributed by atoms with E-state index < -0.39 is 5.91 Å². The Hall–Kier alpha value is -3.46. The number of halogens is 2. The van der Waals surface area contributed by atoms with Gasteiger partial charge in [0.1, 0.15) is 18.2 Å². The van der Waals surface area contributed by atoms with Gasteiger partial charge in [-0.1, -0.05) is 65.7 Å². The minimum Gasteiger partial charge on any atom is -0.493 e. The van der Waals surface area contributed by atoms with E-state index in [0.29, 0.717) is 33.7 Å². The zero-order valence-corrected chi connectivity index (χ0v) is 20.2. The van der Waals surface area contributed by atoms with Gasteiger partial charge in [0.25, 0.3) is 5.91 Å². The summed E-state index contributed by atoms with van der Waals surface area (Å²) in [4.78, 5) is 12.5. The topological polar surface area (TPSA) is 71.3 Å². The minimum atomic E-state index is -0.436. The molecule has 0 unspecified atom stereocenters. The van der Waals surface area contributed by atoms with Crippen LogP contribution in [0.4, 0.5) is 0 Å². The summed E-state index contributed by atoms with van der Waals surface area (Å²) in [6.07, 6.45) is 3.09. The number of nitrogens with zero attached hydrogens (tertiary/aromatic N) is 1. The van der Waals surface area contributed by atoms with Crippen LogP contribution in [0.25, 0.3) is 6.08 Å². The number of carbonyl (C=O) groups is 1. The number of methoxy groups -OCH3 is 1. The van der Waals surface area contributed by atoms with Crippen molar-refractivity contribution in [3.8, 4) is 17.6 Å². The van der Waals surface area contributed by atoms with Crippen molar-refractivity contribution in [2.45, 2.75) is 19.4 Å². The molecule has 0 aromatic heterocycles. The third kappa shape index (κ3) is 7.28. The Bertz CT molecular complexity index is 1190. The summed E-state index contributed by atoms with van der Waals surface area (Å²) in [6.45, 7) is 0.742. The summed E-state index contributed by atoms with van der Waals surface area (Å²) in [5.74, 6) is 0.335. The monoisotopic (exact) mass is 494 g/mol. The summed E-state index contributed by atoms with van der Waals surface area (Å²) in [5, 5.41) is 13.2. The fourth-order valence-corrected chi connectivity index (χ4v) is 3.65. The normalized spacial score (nSPS) is 10.9. The molecule has 3 aromatic rings. The van der Waals surface area contributed by atoms with Crippen molar-refractivity contribution in [3.05, 3.63) is 99.0 Å². The second kappa shape index (κ2) is 12.7. The van der Waals surface area contributed by atoms with Crippen LogP contribution >= 0.6 is 23.2 Å². The van der Waals surface area contributed by atoms with Gasteiger partial charge in [-0.05, 0) is 59.9 Å². The highest BCUT2D eigenvalue weighted by Gasteiger charge is 2.14. The van der Waals surface area contributed by atoms with Crippen molar-refractivity contribution in [3.63, 3.8) is 0 Å². The van der Waals surface area contributed by atoms with Gasteiger partial charge >= 0.3 is 0 Å². The highest BCUT2D eigenvalue weighted by molar-refractivity contribution is 6.32. The van der Waals surface area contributed by atoms with Gasteiger partial charge in [-0.15, -0.1) is 0 Å². The number of amides is 1. The molecule has 0 aliphatic rings. The molecule has 0 radical (unpaired) electrons. The van der Waals surface area contributed by atoms with Crippen LogP contribution in [0.3, 0.4) is 0 Å². The molecular formula is C27H24Cl2N2O3. The maximum Gasteiger partial charge on any atom is 0.261 e. The van der Waals surface area contributed by atoms with Crippen LogP contribution in [0.2, 0.25) is 10.0 Å². The van der Waals surface area contributed by atoms with Gasteiger partial charge in [-0.3, -0.25) is 4.79 Å². The van der Waals surface area contributed by atoms with E-state index in [1.165, 1.54) is 18.7 Å². The Morgan fingerprint density at radius 1 is 1.06 bits per heavy atom. The first-order chi connectivity index (χ1) is 16.5. The number of nitriles is 1. The van der Waals surface area contributed by atoms with Gasteiger partial charge in [0.05, 0.1) is 12.1 Å². The number of rotatable bonds is 10. The zero-order valence-electron chi connectivity index (χ0n) is 18.7. The van der Waals surface area contributed by atoms with Crippen LogP contribution in [-0.2, 0) is 17.8 Å². The number of ether oxygens (including phenoxy) is 2. The molecule has 0 aliphatic heterocycles. The molecule has 0 saturated heterocycles. The lowest BCUT2D eigenvalue weighted by atomic mass is 10.1. The van der Waals surface area contributed by atoms with Crippen molar-refractivity contribution in [1.29, 1.82) is 5.26 Å². The Kier molecular flexibility index (Phi) is 9.40. The maximum absolute atomic E-state index is 12.5. The molecule has 0 spiro atoms. The number of aryl methyl sites for hydroxylation is 1. The Labute approximate surface area is 209 Å². The first kappa shape index (κ1) is 25.2. The maximum atomic E-state index is 12.5. The smallest absolute Gasteiger partial charge is 0.261 e. The van der Waals surface area contributed by atoms with Gasteiger partial charge in [-0.2, -0.15) is 5.26 Å². The predicted octanol–water partition coefficient (Wildman–Crippen LogP) is 6.24. The molecule has 34 heavy (non-hydrogen) atoms. The van der Waals surface area contributed by atoms with Crippen molar-refractivity contribution < 1.29 is 14.3 Å². The Morgan fingerprint density at radius 2 is 1.79 bits per heavy atom. The van der Waals surface area contributed by atoms with Gasteiger partial charge < -0.3 is 14.8 Å². The molecule has 3 aromatic carbocycles. The van der Waals surface area contributed by atoms with Crippen LogP contribution in [0, 0.1) is 11.3 Å². The second-order valence-electron chi connectivity index (χ2n) is 7.46. The SMILES string of the molecule is COc1cc(/C=C(/C#N)C(=O)NCCCc2ccccc2)cc(Cl)c1OCc1ccc(Cl)cc1. The average Bonchev–Trinajstić information content (AvgIpc) is 2.85. The molecular weight excluding hydrogens is 471 g/mol. The number of hydrogen-bond donors (Lipinski definition) is 1. The standard InChI is InChI=1S/C27H24Cl2N2O3/c1-33-25-16-21(15-24(29)26(25)34-18-20-9-11-23(28)12-10-20)14-22(17-30)27(32)31-13-5-8-19-6-3-2-4-7-19/h2-4,6-7,9-12,14-16H,5,8,13,18H2,1H3,(H,31,32)/b22-14-. The molecule has 0 aliphatic carbocycles. The first-order valence-corrected chi connectivity index (χ1v) is 11.4. The van der Waals surface area contributed by atoms with E-state index in [1.54, 1.807) is 24.3 Å². The molecule has 0 heterocycles. The van der Waals surface area contributed by atoms with Gasteiger partial charge in [0.2, 0.25) is 0 Å². The zero-order chi connectivity index (χ0) is 24.3. The Balaban J connectivity index is 1.65. The highest BCUT2D eigenvalue weighted by atomic mass is 35.5. The van der Waals surface area contributed by atoms with Crippen LogP contribution in [-0.4, -0.2) is 19.6 Å². The molecule has 1 N–H and O–H groups in total. The third-order valence-corrected chi connectivity index (χ3v) is 5.53. The van der Waals surface area contributed by atoms with Crippen LogP contribution < -0.4 is 14.8 Å². The van der Waals surface area contributed by atoms with E-state index >= 15 is 0 Å². The van der Waals surface area contributed by atoms with E-state index in [-0.39, 0.29) is 12.2 Å². The van der Waals surface area contributed by atoms with Crippen molar-refractivity contribution >= 4 is 35.2 Å². The minimum absolute atomic E-state index is 0.0207. The molecule has 1 amide bonds. The van der Waals surface area contributed by atoms with E-state index in [1.807, 2.05) is 48.5 Å². The number of benzene rings is 3. The van der Waals surface area contributed by atoms with Crippen molar-refractivity contribution in [2.75, 3.05) is 13.7 Å². The van der Waals surface area contributed by atoms with Crippen LogP contribution in [0.1, 0.15) is 23.1 Å². The lowest BCUT2D eigenvalue weighted by molar-refractivity contribution is -0.117. The van der Waals surface area contributed by atoms with E-state index in [4.69, 9.17) is 32.7 Å². The molecule has 0 bridgehead atoms. The fourth-order valence-electron chi connectivity index (χ4n) is 3.25. The Morgan fingerprint density at radius 3 is 2.47 bits per heavy atom. The quantitative estimate of drug-likeness (QED) is 0.205. The van der Waals surface area contributed by atoms with Gasteiger partial charge in [-0.25, -0.2) is 0 Å². The largest absolute Gasteiger partial charge is 0.493 e. The number of carbonyl (C=O) groups excluding carboxylic acids is 1. The lowest BCUT2D eigenvalue weighted by Gasteiger charge is -2.14. The fraction of sp³-hybridized carbons (Fsp3) is 0.185. The van der Waals surface area contributed by atoms with Crippen LogP contribution in [0.5, 0.6) is 11.5 Å². The molecule has 3 rings (SSSR count). The van der Waals surface area contributed by atoms with Crippen LogP contribution in [0.15, 0.2) is 72.3 Å². The summed E-state index contributed by atoms with van der Waals surface area (Å²) in [6, 6.07) is 22.6. The first-order valence-electron chi connectivity index (χ1n) is 10.7. The van der Waals surface area contributed by atoms with Crippen molar-refractivity contribution in [1.82, 2.24) is 5.32 Å². The summed E-state index contributed by atoms with van der Waals surface area (Å²) < 4.78 is 11.3. The van der Waals surface area contributed by atoms with E-state index in [2.05, 4.69) is 5.32 Å². The molecule has 174 valence electrons. The molecule has 7 heteroatoms.